The molecule has 1 aromatic carbocycles. The molecule has 4 nitrogen and oxygen atoms in total. The molecule has 0 aliphatic rings. The molecular weight excluding hydrogens is 344 g/mol. The second-order valence-corrected chi connectivity index (χ2v) is 5.64. The molecule has 0 aliphatic heterocycles. The molecule has 2 rings (SSSR count). The molecule has 20 heavy (non-hydrogen) atoms. The van der Waals surface area contributed by atoms with Gasteiger partial charge in [-0.3, -0.25) is 0 Å². The Labute approximate surface area is 128 Å². The quantitative estimate of drug-likeness (QED) is 0.787. The highest BCUT2D eigenvalue weighted by Gasteiger charge is 2.20. The van der Waals surface area contributed by atoms with Crippen molar-refractivity contribution in [2.75, 3.05) is 14.2 Å². The molecule has 0 unspecified atom stereocenters. The molecule has 0 saturated heterocycles. The van der Waals surface area contributed by atoms with E-state index in [9.17, 15) is 9.59 Å². The zero-order chi connectivity index (χ0) is 14.7. The van der Waals surface area contributed by atoms with Crippen molar-refractivity contribution >= 4 is 39.2 Å². The van der Waals surface area contributed by atoms with Crippen molar-refractivity contribution in [2.45, 2.75) is 0 Å². The van der Waals surface area contributed by atoms with Crippen LogP contribution in [0, 0.1) is 0 Å². The van der Waals surface area contributed by atoms with Gasteiger partial charge in [0.1, 0.15) is 0 Å². The van der Waals surface area contributed by atoms with Gasteiger partial charge in [-0.1, -0.05) is 6.07 Å². The molecule has 6 heteroatoms. The summed E-state index contributed by atoms with van der Waals surface area (Å²) in [6.45, 7) is 0. The fourth-order valence-corrected chi connectivity index (χ4v) is 3.02. The summed E-state index contributed by atoms with van der Waals surface area (Å²) in [5.74, 6) is -0.920. The summed E-state index contributed by atoms with van der Waals surface area (Å²) in [4.78, 5) is 24.5. The van der Waals surface area contributed by atoms with Crippen molar-refractivity contribution in [1.82, 2.24) is 0 Å². The van der Waals surface area contributed by atoms with Gasteiger partial charge in [0.05, 0.1) is 25.3 Å². The Hall–Kier alpha value is -1.66. The van der Waals surface area contributed by atoms with Gasteiger partial charge in [-0.15, -0.1) is 11.3 Å². The first-order valence-corrected chi connectivity index (χ1v) is 7.29. The Kier molecular flexibility index (Phi) is 4.57. The van der Waals surface area contributed by atoms with Crippen LogP contribution in [-0.2, 0) is 9.47 Å². The molecule has 0 bridgehead atoms. The topological polar surface area (TPSA) is 52.6 Å². The summed E-state index contributed by atoms with van der Waals surface area (Å²) in [6, 6.07) is 6.96. The molecule has 0 atom stereocenters. The van der Waals surface area contributed by atoms with Gasteiger partial charge in [-0.25, -0.2) is 9.59 Å². The van der Waals surface area contributed by atoms with E-state index in [0.717, 1.165) is 4.88 Å². The lowest BCUT2D eigenvalue weighted by atomic mass is 10.0. The normalized spacial score (nSPS) is 10.2. The fourth-order valence-electron chi connectivity index (χ4n) is 1.75. The molecule has 1 heterocycles. The number of hydrogen-bond donors (Lipinski definition) is 0. The van der Waals surface area contributed by atoms with Gasteiger partial charge in [0, 0.05) is 14.9 Å². The number of carbonyl (C=O) groups is 2. The van der Waals surface area contributed by atoms with E-state index in [1.54, 1.807) is 12.1 Å². The lowest BCUT2D eigenvalue weighted by molar-refractivity contribution is 0.0586. The van der Waals surface area contributed by atoms with Crippen molar-refractivity contribution < 1.29 is 19.1 Å². The van der Waals surface area contributed by atoms with Crippen molar-refractivity contribution in [3.8, 4) is 10.4 Å². The SMILES string of the molecule is COC(=O)c1cc(-c2cccs2)c(C(=O)OC)cc1Br. The van der Waals surface area contributed by atoms with Gasteiger partial charge >= 0.3 is 11.9 Å². The van der Waals surface area contributed by atoms with E-state index in [-0.39, 0.29) is 0 Å². The van der Waals surface area contributed by atoms with Gasteiger partial charge in [0.25, 0.3) is 0 Å². The first-order chi connectivity index (χ1) is 9.58. The number of ether oxygens (including phenoxy) is 2. The number of rotatable bonds is 3. The predicted molar refractivity (Wildman–Crippen MR) is 80.1 cm³/mol. The summed E-state index contributed by atoms with van der Waals surface area (Å²) in [6.07, 6.45) is 0. The number of benzene rings is 1. The molecule has 1 aromatic heterocycles. The molecule has 2 aromatic rings. The van der Waals surface area contributed by atoms with Crippen molar-refractivity contribution in [3.63, 3.8) is 0 Å². The Morgan fingerprint density at radius 1 is 1.10 bits per heavy atom. The standard InChI is InChI=1S/C14H11BrO4S/c1-18-13(16)9-7-11(15)10(14(17)19-2)6-8(9)12-4-3-5-20-12/h3-7H,1-2H3. The van der Waals surface area contributed by atoms with Crippen LogP contribution in [0.15, 0.2) is 34.1 Å². The van der Waals surface area contributed by atoms with E-state index in [0.29, 0.717) is 21.2 Å². The Morgan fingerprint density at radius 2 is 1.75 bits per heavy atom. The molecule has 0 saturated carbocycles. The first kappa shape index (κ1) is 14.7. The maximum Gasteiger partial charge on any atom is 0.339 e. The van der Waals surface area contributed by atoms with Gasteiger partial charge in [0.2, 0.25) is 0 Å². The molecule has 0 N–H and O–H groups in total. The first-order valence-electron chi connectivity index (χ1n) is 5.62. The number of hydrogen-bond acceptors (Lipinski definition) is 5. The Balaban J connectivity index is 2.67. The minimum atomic E-state index is -0.467. The second-order valence-electron chi connectivity index (χ2n) is 3.84. The van der Waals surface area contributed by atoms with E-state index in [4.69, 9.17) is 9.47 Å². The zero-order valence-corrected chi connectivity index (χ0v) is 13.2. The van der Waals surface area contributed by atoms with Gasteiger partial charge in [-0.05, 0) is 39.5 Å². The summed E-state index contributed by atoms with van der Waals surface area (Å²) >= 11 is 4.76. The average molecular weight is 355 g/mol. The fraction of sp³-hybridized carbons (Fsp3) is 0.143. The number of thiophene rings is 1. The van der Waals surface area contributed by atoms with Crippen LogP contribution in [0.3, 0.4) is 0 Å². The summed E-state index contributed by atoms with van der Waals surface area (Å²) in [5, 5.41) is 1.90. The van der Waals surface area contributed by atoms with Crippen LogP contribution in [0.1, 0.15) is 20.7 Å². The highest BCUT2D eigenvalue weighted by atomic mass is 79.9. The minimum absolute atomic E-state index is 0.364. The third-order valence-electron chi connectivity index (χ3n) is 2.70. The number of methoxy groups -OCH3 is 2. The van der Waals surface area contributed by atoms with Gasteiger partial charge < -0.3 is 9.47 Å². The van der Waals surface area contributed by atoms with E-state index in [2.05, 4.69) is 15.9 Å². The maximum absolute atomic E-state index is 11.9. The predicted octanol–water partition coefficient (Wildman–Crippen LogP) is 3.75. The van der Waals surface area contributed by atoms with Crippen molar-refractivity contribution in [1.29, 1.82) is 0 Å². The van der Waals surface area contributed by atoms with Gasteiger partial charge in [-0.2, -0.15) is 0 Å². The molecule has 0 aliphatic carbocycles. The van der Waals surface area contributed by atoms with E-state index in [1.165, 1.54) is 25.6 Å². The van der Waals surface area contributed by atoms with Crippen LogP contribution in [0.25, 0.3) is 10.4 Å². The van der Waals surface area contributed by atoms with Gasteiger partial charge in [0.15, 0.2) is 0 Å². The van der Waals surface area contributed by atoms with E-state index in [1.807, 2.05) is 17.5 Å². The number of esters is 2. The van der Waals surface area contributed by atoms with Crippen LogP contribution in [0.5, 0.6) is 0 Å². The van der Waals surface area contributed by atoms with Crippen LogP contribution >= 0.6 is 27.3 Å². The molecule has 0 fully saturated rings. The van der Waals surface area contributed by atoms with Crippen LogP contribution in [0.2, 0.25) is 0 Å². The third-order valence-corrected chi connectivity index (χ3v) is 4.26. The zero-order valence-electron chi connectivity index (χ0n) is 10.8. The van der Waals surface area contributed by atoms with Crippen LogP contribution in [0.4, 0.5) is 0 Å². The van der Waals surface area contributed by atoms with Crippen molar-refractivity contribution in [3.05, 3.63) is 45.2 Å². The largest absolute Gasteiger partial charge is 0.465 e. The van der Waals surface area contributed by atoms with Crippen LogP contribution in [-0.4, -0.2) is 26.2 Å². The highest BCUT2D eigenvalue weighted by Crippen LogP contribution is 2.33. The molecule has 0 spiro atoms. The molecule has 0 amide bonds. The Bertz CT molecular complexity index is 649. The summed E-state index contributed by atoms with van der Waals surface area (Å²) < 4.78 is 10.0. The third kappa shape index (κ3) is 2.76. The summed E-state index contributed by atoms with van der Waals surface area (Å²) in [5.41, 5.74) is 1.41. The molecular formula is C14H11BrO4S. The number of carbonyl (C=O) groups excluding carboxylic acids is 2. The second kappa shape index (κ2) is 6.19. The monoisotopic (exact) mass is 354 g/mol. The lowest BCUT2D eigenvalue weighted by Gasteiger charge is -2.10. The van der Waals surface area contributed by atoms with Crippen molar-refractivity contribution in [2.24, 2.45) is 0 Å². The summed E-state index contributed by atoms with van der Waals surface area (Å²) in [7, 11) is 2.64. The average Bonchev–Trinajstić information content (AvgIpc) is 2.99. The maximum atomic E-state index is 11.9. The molecule has 104 valence electrons. The number of halogens is 1. The Morgan fingerprint density at radius 3 is 2.30 bits per heavy atom. The van der Waals surface area contributed by atoms with Crippen LogP contribution < -0.4 is 0 Å². The van der Waals surface area contributed by atoms with E-state index >= 15 is 0 Å². The highest BCUT2D eigenvalue weighted by molar-refractivity contribution is 9.10. The smallest absolute Gasteiger partial charge is 0.339 e. The lowest BCUT2D eigenvalue weighted by Crippen LogP contribution is -2.08. The molecule has 0 radical (unpaired) electrons. The van der Waals surface area contributed by atoms with E-state index < -0.39 is 11.9 Å². The minimum Gasteiger partial charge on any atom is -0.465 e.